The van der Waals surface area contributed by atoms with E-state index in [0.717, 1.165) is 10.9 Å². The Morgan fingerprint density at radius 1 is 1.19 bits per heavy atom. The molecule has 1 heterocycles. The standard InChI is InChI=1S/C16H12N2O3/c1-10-8-11(6-7-12(10)16(19)20)21-15-9-17-18-14-5-3-2-4-13(14)15/h2-9H,1H3,(H,19,20). The van der Waals surface area contributed by atoms with Gasteiger partial charge in [0.15, 0.2) is 5.75 Å². The number of fused-ring (bicyclic) bond motifs is 1. The van der Waals surface area contributed by atoms with Gasteiger partial charge in [-0.1, -0.05) is 12.1 Å². The molecule has 0 saturated heterocycles. The number of rotatable bonds is 3. The average molecular weight is 280 g/mol. The van der Waals surface area contributed by atoms with Gasteiger partial charge in [0.25, 0.3) is 0 Å². The van der Waals surface area contributed by atoms with E-state index >= 15 is 0 Å². The van der Waals surface area contributed by atoms with Crippen LogP contribution in [0.15, 0.2) is 48.7 Å². The first-order valence-corrected chi connectivity index (χ1v) is 6.37. The van der Waals surface area contributed by atoms with Crippen molar-refractivity contribution in [1.82, 2.24) is 10.2 Å². The minimum atomic E-state index is -0.949. The molecule has 0 atom stereocenters. The first kappa shape index (κ1) is 13.1. The van der Waals surface area contributed by atoms with E-state index in [1.807, 2.05) is 24.3 Å². The lowest BCUT2D eigenvalue weighted by molar-refractivity contribution is 0.0696. The predicted molar refractivity (Wildman–Crippen MR) is 77.8 cm³/mol. The normalized spacial score (nSPS) is 10.5. The summed E-state index contributed by atoms with van der Waals surface area (Å²) in [5.41, 5.74) is 1.65. The van der Waals surface area contributed by atoms with Crippen LogP contribution in [0.5, 0.6) is 11.5 Å². The molecule has 0 saturated carbocycles. The second-order valence-corrected chi connectivity index (χ2v) is 4.61. The zero-order valence-electron chi connectivity index (χ0n) is 11.3. The van der Waals surface area contributed by atoms with Gasteiger partial charge < -0.3 is 9.84 Å². The molecular weight excluding hydrogens is 268 g/mol. The molecule has 0 unspecified atom stereocenters. The average Bonchev–Trinajstić information content (AvgIpc) is 2.47. The number of aryl methyl sites for hydroxylation is 1. The van der Waals surface area contributed by atoms with Crippen molar-refractivity contribution in [3.05, 3.63) is 59.8 Å². The van der Waals surface area contributed by atoms with Crippen LogP contribution in [0.3, 0.4) is 0 Å². The third kappa shape index (κ3) is 2.53. The van der Waals surface area contributed by atoms with E-state index in [2.05, 4.69) is 10.2 Å². The monoisotopic (exact) mass is 280 g/mol. The fourth-order valence-electron chi connectivity index (χ4n) is 2.13. The van der Waals surface area contributed by atoms with Gasteiger partial charge in [0.2, 0.25) is 0 Å². The molecule has 2 aromatic carbocycles. The molecule has 0 aliphatic carbocycles. The van der Waals surface area contributed by atoms with Crippen molar-refractivity contribution in [1.29, 1.82) is 0 Å². The van der Waals surface area contributed by atoms with Crippen molar-refractivity contribution < 1.29 is 14.6 Å². The van der Waals surface area contributed by atoms with E-state index in [0.29, 0.717) is 17.1 Å². The Morgan fingerprint density at radius 3 is 2.76 bits per heavy atom. The lowest BCUT2D eigenvalue weighted by Crippen LogP contribution is -1.99. The topological polar surface area (TPSA) is 72.3 Å². The number of aromatic nitrogens is 2. The van der Waals surface area contributed by atoms with Crippen LogP contribution in [0.4, 0.5) is 0 Å². The number of carboxylic acids is 1. The maximum absolute atomic E-state index is 11.0. The van der Waals surface area contributed by atoms with E-state index in [4.69, 9.17) is 9.84 Å². The largest absolute Gasteiger partial charge is 0.478 e. The van der Waals surface area contributed by atoms with Crippen LogP contribution in [0.2, 0.25) is 0 Å². The fraction of sp³-hybridized carbons (Fsp3) is 0.0625. The first-order valence-electron chi connectivity index (χ1n) is 6.37. The summed E-state index contributed by atoms with van der Waals surface area (Å²) in [6.45, 7) is 1.74. The number of ether oxygens (including phenoxy) is 1. The van der Waals surface area contributed by atoms with Crippen LogP contribution in [0.1, 0.15) is 15.9 Å². The maximum Gasteiger partial charge on any atom is 0.335 e. The predicted octanol–water partition coefficient (Wildman–Crippen LogP) is 3.43. The zero-order chi connectivity index (χ0) is 14.8. The summed E-state index contributed by atoms with van der Waals surface area (Å²) >= 11 is 0. The van der Waals surface area contributed by atoms with Crippen molar-refractivity contribution in [2.45, 2.75) is 6.92 Å². The molecule has 1 N–H and O–H groups in total. The molecule has 3 aromatic rings. The number of aromatic carboxylic acids is 1. The first-order chi connectivity index (χ1) is 10.1. The van der Waals surface area contributed by atoms with Crippen molar-refractivity contribution in [3.8, 4) is 11.5 Å². The van der Waals surface area contributed by atoms with Crippen LogP contribution < -0.4 is 4.74 Å². The van der Waals surface area contributed by atoms with Crippen LogP contribution in [0, 0.1) is 6.92 Å². The lowest BCUT2D eigenvalue weighted by atomic mass is 10.1. The second kappa shape index (κ2) is 5.20. The Morgan fingerprint density at radius 2 is 2.00 bits per heavy atom. The van der Waals surface area contributed by atoms with E-state index in [1.54, 1.807) is 25.3 Å². The van der Waals surface area contributed by atoms with Crippen LogP contribution in [-0.4, -0.2) is 21.3 Å². The summed E-state index contributed by atoms with van der Waals surface area (Å²) in [5, 5.41) is 17.8. The molecule has 0 bridgehead atoms. The van der Waals surface area contributed by atoms with Crippen molar-refractivity contribution in [2.75, 3.05) is 0 Å². The van der Waals surface area contributed by atoms with Gasteiger partial charge in [0, 0.05) is 5.39 Å². The summed E-state index contributed by atoms with van der Waals surface area (Å²) in [5.74, 6) is 0.203. The molecule has 0 radical (unpaired) electrons. The minimum Gasteiger partial charge on any atom is -0.478 e. The second-order valence-electron chi connectivity index (χ2n) is 4.61. The Bertz CT molecular complexity index is 825. The number of carbonyl (C=O) groups is 1. The van der Waals surface area contributed by atoms with Crippen molar-refractivity contribution >= 4 is 16.9 Å². The van der Waals surface area contributed by atoms with E-state index in [-0.39, 0.29) is 5.56 Å². The fourth-order valence-corrected chi connectivity index (χ4v) is 2.13. The van der Waals surface area contributed by atoms with Gasteiger partial charge in [-0.05, 0) is 42.8 Å². The van der Waals surface area contributed by atoms with Gasteiger partial charge in [0.1, 0.15) is 5.75 Å². The number of nitrogens with zero attached hydrogens (tertiary/aromatic N) is 2. The summed E-state index contributed by atoms with van der Waals surface area (Å²) in [6.07, 6.45) is 1.54. The van der Waals surface area contributed by atoms with Crippen molar-refractivity contribution in [2.24, 2.45) is 0 Å². The van der Waals surface area contributed by atoms with Crippen LogP contribution in [-0.2, 0) is 0 Å². The molecule has 3 rings (SSSR count). The molecule has 0 fully saturated rings. The number of hydrogen-bond donors (Lipinski definition) is 1. The third-order valence-electron chi connectivity index (χ3n) is 3.17. The van der Waals surface area contributed by atoms with Gasteiger partial charge in [-0.25, -0.2) is 4.79 Å². The molecule has 0 aliphatic rings. The van der Waals surface area contributed by atoms with Gasteiger partial charge >= 0.3 is 5.97 Å². The zero-order valence-corrected chi connectivity index (χ0v) is 11.3. The number of hydrogen-bond acceptors (Lipinski definition) is 4. The highest BCUT2D eigenvalue weighted by atomic mass is 16.5. The quantitative estimate of drug-likeness (QED) is 0.795. The Labute approximate surface area is 120 Å². The Balaban J connectivity index is 1.99. The molecule has 21 heavy (non-hydrogen) atoms. The molecule has 0 aliphatic heterocycles. The third-order valence-corrected chi connectivity index (χ3v) is 3.17. The van der Waals surface area contributed by atoms with Gasteiger partial charge in [-0.3, -0.25) is 0 Å². The SMILES string of the molecule is Cc1cc(Oc2cnnc3ccccc23)ccc1C(=O)O. The van der Waals surface area contributed by atoms with Gasteiger partial charge in [-0.2, -0.15) is 10.2 Å². The molecule has 0 amide bonds. The van der Waals surface area contributed by atoms with Crippen molar-refractivity contribution in [3.63, 3.8) is 0 Å². The van der Waals surface area contributed by atoms with E-state index in [1.165, 1.54) is 6.07 Å². The van der Waals surface area contributed by atoms with Gasteiger partial charge in [-0.15, -0.1) is 0 Å². The minimum absolute atomic E-state index is 0.264. The smallest absolute Gasteiger partial charge is 0.335 e. The molecule has 0 spiro atoms. The summed E-state index contributed by atoms with van der Waals surface area (Å²) in [6, 6.07) is 12.4. The summed E-state index contributed by atoms with van der Waals surface area (Å²) < 4.78 is 5.81. The highest BCUT2D eigenvalue weighted by Gasteiger charge is 2.09. The number of benzene rings is 2. The maximum atomic E-state index is 11.0. The molecular formula is C16H12N2O3. The van der Waals surface area contributed by atoms with Crippen LogP contribution >= 0.6 is 0 Å². The summed E-state index contributed by atoms with van der Waals surface area (Å²) in [7, 11) is 0. The lowest BCUT2D eigenvalue weighted by Gasteiger charge is -2.09. The molecule has 104 valence electrons. The van der Waals surface area contributed by atoms with Crippen LogP contribution in [0.25, 0.3) is 10.9 Å². The molecule has 1 aromatic heterocycles. The number of carboxylic acid groups (broad SMARTS) is 1. The molecule has 5 nitrogen and oxygen atoms in total. The highest BCUT2D eigenvalue weighted by Crippen LogP contribution is 2.28. The molecule has 5 heteroatoms. The Kier molecular flexibility index (Phi) is 3.23. The van der Waals surface area contributed by atoms with E-state index in [9.17, 15) is 4.79 Å². The highest BCUT2D eigenvalue weighted by molar-refractivity contribution is 5.89. The summed E-state index contributed by atoms with van der Waals surface area (Å²) in [4.78, 5) is 11.0. The van der Waals surface area contributed by atoms with E-state index < -0.39 is 5.97 Å². The Hall–Kier alpha value is -2.95. The van der Waals surface area contributed by atoms with Gasteiger partial charge in [0.05, 0.1) is 17.3 Å².